The Hall–Kier alpha value is -3.16. The molecule has 0 radical (unpaired) electrons. The Kier molecular flexibility index (Phi) is 10.9. The summed E-state index contributed by atoms with van der Waals surface area (Å²) in [6.45, 7) is 0.201. The van der Waals surface area contributed by atoms with E-state index in [-0.39, 0.29) is 18.8 Å². The van der Waals surface area contributed by atoms with Gasteiger partial charge in [0.15, 0.2) is 5.13 Å². The van der Waals surface area contributed by atoms with Crippen LogP contribution in [0.5, 0.6) is 0 Å². The quantitative estimate of drug-likeness (QED) is 0.0857. The Morgan fingerprint density at radius 1 is 1.08 bits per heavy atom. The van der Waals surface area contributed by atoms with E-state index < -0.39 is 10.1 Å². The van der Waals surface area contributed by atoms with E-state index in [1.807, 2.05) is 7.05 Å². The molecule has 9 nitrogen and oxygen atoms in total. The van der Waals surface area contributed by atoms with Crippen LogP contribution in [-0.4, -0.2) is 64.2 Å². The summed E-state index contributed by atoms with van der Waals surface area (Å²) in [6, 6.07) is 21.3. The fourth-order valence-corrected chi connectivity index (χ4v) is 5.36. The molecule has 12 heteroatoms. The van der Waals surface area contributed by atoms with Crippen LogP contribution in [0.4, 0.5) is 16.5 Å². The fraction of sp³-hybridized carbons (Fsp3) is 0.231. The summed E-state index contributed by atoms with van der Waals surface area (Å²) in [5.74, 6) is -0.360. The molecule has 0 aliphatic carbocycles. The minimum Gasteiger partial charge on any atom is -0.377 e. The first-order valence-electron chi connectivity index (χ1n) is 11.7. The van der Waals surface area contributed by atoms with E-state index in [4.69, 9.17) is 4.55 Å². The van der Waals surface area contributed by atoms with Crippen molar-refractivity contribution in [3.05, 3.63) is 66.0 Å². The molecule has 4 aromatic rings. The maximum absolute atomic E-state index is 10.0. The van der Waals surface area contributed by atoms with Crippen LogP contribution in [0.1, 0.15) is 0 Å². The van der Waals surface area contributed by atoms with Gasteiger partial charge in [-0.25, -0.2) is 4.98 Å². The van der Waals surface area contributed by atoms with Crippen LogP contribution >= 0.6 is 23.3 Å². The number of hydrogen-bond acceptors (Lipinski definition) is 10. The normalized spacial score (nSPS) is 10.9. The molecule has 0 saturated carbocycles. The number of anilines is 3. The highest BCUT2D eigenvalue weighted by Crippen LogP contribution is 2.34. The average molecular weight is 574 g/mol. The van der Waals surface area contributed by atoms with Crippen LogP contribution in [0.3, 0.4) is 0 Å². The number of fused-ring (bicyclic) bond motifs is 1. The summed E-state index contributed by atoms with van der Waals surface area (Å²) in [5.41, 5.74) is 4.38. The van der Waals surface area contributed by atoms with E-state index in [2.05, 4.69) is 105 Å². The molecule has 4 N–H and O–H groups in total. The summed E-state index contributed by atoms with van der Waals surface area (Å²) < 4.78 is 31.7. The maximum atomic E-state index is 10.0. The molecule has 0 bridgehead atoms. The van der Waals surface area contributed by atoms with Gasteiger partial charge >= 0.3 is 0 Å². The van der Waals surface area contributed by atoms with Crippen LogP contribution in [0.2, 0.25) is 0 Å². The lowest BCUT2D eigenvalue weighted by Crippen LogP contribution is -2.23. The highest BCUT2D eigenvalue weighted by Gasteiger charge is 2.08. The Morgan fingerprint density at radius 2 is 1.82 bits per heavy atom. The van der Waals surface area contributed by atoms with Gasteiger partial charge in [0.25, 0.3) is 10.1 Å². The number of carbonyl (C=O) groups excluding carboxylic acids is 1. The van der Waals surface area contributed by atoms with Gasteiger partial charge < -0.3 is 25.1 Å². The number of rotatable bonds is 11. The predicted octanol–water partition coefficient (Wildman–Crippen LogP) is 4.85. The summed E-state index contributed by atoms with van der Waals surface area (Å²) in [6.07, 6.45) is 0.615. The van der Waals surface area contributed by atoms with Crippen molar-refractivity contribution in [2.75, 3.05) is 54.9 Å². The molecule has 202 valence electrons. The molecule has 1 heterocycles. The first-order chi connectivity index (χ1) is 18.2. The van der Waals surface area contributed by atoms with Crippen molar-refractivity contribution in [1.82, 2.24) is 10.3 Å². The molecule has 0 aliphatic rings. The molecule has 3 aromatic carbocycles. The lowest BCUT2D eigenvalue weighted by Gasteiger charge is -2.17. The van der Waals surface area contributed by atoms with Gasteiger partial charge in [0, 0.05) is 60.3 Å². The highest BCUT2D eigenvalue weighted by molar-refractivity contribution is 8.00. The average Bonchev–Trinajstić information content (AvgIpc) is 3.39. The lowest BCUT2D eigenvalue weighted by molar-refractivity contribution is -0.107. The number of hydrogen-bond donors (Lipinski definition) is 4. The zero-order chi connectivity index (χ0) is 27.5. The highest BCUT2D eigenvalue weighted by atomic mass is 32.2. The number of aldehydes is 1. The zero-order valence-corrected chi connectivity index (χ0v) is 23.8. The van der Waals surface area contributed by atoms with Crippen LogP contribution in [0.25, 0.3) is 22.0 Å². The number of nitrogens with zero attached hydrogens (tertiary/aromatic N) is 2. The van der Waals surface area contributed by atoms with Crippen LogP contribution in [-0.2, 0) is 14.9 Å². The van der Waals surface area contributed by atoms with Crippen molar-refractivity contribution in [3.63, 3.8) is 0 Å². The first kappa shape index (κ1) is 29.4. The summed E-state index contributed by atoms with van der Waals surface area (Å²) >= 11 is 3.25. The van der Waals surface area contributed by atoms with Crippen molar-refractivity contribution in [2.24, 2.45) is 0 Å². The first-order valence-corrected chi connectivity index (χ1v) is 15.0. The Bertz CT molecular complexity index is 1460. The molecule has 0 saturated heterocycles. The Labute approximate surface area is 231 Å². The molecule has 4 rings (SSSR count). The SMILES string of the molecule is CNc1nc(-c2cccc(NSc3cccc4c(N(C)C)cccc34)c2)cs1.O=CCNCCS(=O)(=O)O. The largest absolute Gasteiger partial charge is 0.377 e. The molecule has 38 heavy (non-hydrogen) atoms. The standard InChI is InChI=1S/C22H22N4S2.C4H9NO4S/c1-23-22-24-19(14-27-22)15-7-4-8-16(13-15)25-28-21-12-6-9-17-18(21)10-5-11-20(17)26(2)3;6-3-1-5-2-4-10(7,8)9/h4-14,25H,1-3H3,(H,23,24);3,5H,1-2,4H2,(H,7,8,9). The second kappa shape index (κ2) is 14.1. The van der Waals surface area contributed by atoms with Crippen molar-refractivity contribution in [3.8, 4) is 11.3 Å². The van der Waals surface area contributed by atoms with Crippen LogP contribution < -0.4 is 20.3 Å². The third-order valence-electron chi connectivity index (χ3n) is 5.26. The maximum Gasteiger partial charge on any atom is 0.266 e. The third kappa shape index (κ3) is 8.71. The third-order valence-corrected chi connectivity index (χ3v) is 7.75. The molecular weight excluding hydrogens is 543 g/mol. The number of aromatic nitrogens is 1. The van der Waals surface area contributed by atoms with Gasteiger partial charge in [-0.15, -0.1) is 11.3 Å². The molecule has 0 spiro atoms. The van der Waals surface area contributed by atoms with E-state index in [1.54, 1.807) is 23.3 Å². The van der Waals surface area contributed by atoms with E-state index >= 15 is 0 Å². The minimum absolute atomic E-state index is 0.0948. The van der Waals surface area contributed by atoms with Crippen LogP contribution in [0.15, 0.2) is 70.9 Å². The second-order valence-electron chi connectivity index (χ2n) is 8.25. The van der Waals surface area contributed by atoms with Crippen molar-refractivity contribution < 1.29 is 17.8 Å². The van der Waals surface area contributed by atoms with Gasteiger partial charge in [-0.2, -0.15) is 8.42 Å². The molecule has 0 atom stereocenters. The van der Waals surface area contributed by atoms with Crippen molar-refractivity contribution in [2.45, 2.75) is 4.90 Å². The topological polar surface area (TPSA) is 124 Å². The van der Waals surface area contributed by atoms with Gasteiger partial charge in [-0.3, -0.25) is 4.55 Å². The molecule has 0 fully saturated rings. The molecule has 0 aliphatic heterocycles. The van der Waals surface area contributed by atoms with Crippen molar-refractivity contribution >= 4 is 67.0 Å². The molecule has 1 aromatic heterocycles. The zero-order valence-electron chi connectivity index (χ0n) is 21.3. The second-order valence-corrected chi connectivity index (χ2v) is 11.5. The van der Waals surface area contributed by atoms with Gasteiger partial charge in [0.1, 0.15) is 6.29 Å². The van der Waals surface area contributed by atoms with Gasteiger partial charge in [0.2, 0.25) is 0 Å². The smallest absolute Gasteiger partial charge is 0.266 e. The van der Waals surface area contributed by atoms with Gasteiger partial charge in [-0.1, -0.05) is 36.4 Å². The minimum atomic E-state index is -3.88. The number of carbonyl (C=O) groups is 1. The van der Waals surface area contributed by atoms with E-state index in [0.717, 1.165) is 22.1 Å². The number of benzene rings is 3. The monoisotopic (exact) mass is 573 g/mol. The number of thiazole rings is 1. The molecule has 0 amide bonds. The fourth-order valence-electron chi connectivity index (χ4n) is 3.48. The van der Waals surface area contributed by atoms with Crippen molar-refractivity contribution in [1.29, 1.82) is 0 Å². The Morgan fingerprint density at radius 3 is 2.50 bits per heavy atom. The summed E-state index contributed by atoms with van der Waals surface area (Å²) in [7, 11) is 2.17. The van der Waals surface area contributed by atoms with E-state index in [0.29, 0.717) is 6.29 Å². The molecule has 0 unspecified atom stereocenters. The Balaban J connectivity index is 0.000000342. The van der Waals surface area contributed by atoms with Gasteiger partial charge in [-0.05, 0) is 41.6 Å². The summed E-state index contributed by atoms with van der Waals surface area (Å²) in [4.78, 5) is 17.6. The predicted molar refractivity (Wildman–Crippen MR) is 160 cm³/mol. The summed E-state index contributed by atoms with van der Waals surface area (Å²) in [5, 5.41) is 11.1. The van der Waals surface area contributed by atoms with E-state index in [1.165, 1.54) is 21.4 Å². The molecular formula is C26H31N5O4S3. The van der Waals surface area contributed by atoms with E-state index in [9.17, 15) is 13.2 Å². The lowest BCUT2D eigenvalue weighted by atomic mass is 10.1. The number of nitrogens with one attached hydrogen (secondary N) is 3. The van der Waals surface area contributed by atoms with Gasteiger partial charge in [0.05, 0.1) is 18.0 Å². The van der Waals surface area contributed by atoms with Crippen LogP contribution in [0, 0.1) is 0 Å².